The Balaban J connectivity index is 1.57. The molecule has 0 radical (unpaired) electrons. The second-order valence-electron chi connectivity index (χ2n) is 7.33. The summed E-state index contributed by atoms with van der Waals surface area (Å²) in [7, 11) is 0. The van der Waals surface area contributed by atoms with Gasteiger partial charge in [0.05, 0.1) is 0 Å². The van der Waals surface area contributed by atoms with Gasteiger partial charge in [-0.3, -0.25) is 0 Å². The van der Waals surface area contributed by atoms with E-state index in [0.717, 1.165) is 30.4 Å². The van der Waals surface area contributed by atoms with Crippen molar-refractivity contribution >= 4 is 0 Å². The van der Waals surface area contributed by atoms with Gasteiger partial charge in [-0.1, -0.05) is 48.0 Å². The molecule has 3 atom stereocenters. The molecule has 1 aliphatic carbocycles. The van der Waals surface area contributed by atoms with Crippen LogP contribution in [0.2, 0.25) is 0 Å². The van der Waals surface area contributed by atoms with E-state index in [4.69, 9.17) is 0 Å². The summed E-state index contributed by atoms with van der Waals surface area (Å²) in [5, 5.41) is 10.4. The first-order valence-corrected chi connectivity index (χ1v) is 8.77. The van der Waals surface area contributed by atoms with Crippen LogP contribution in [0.4, 0.5) is 0 Å². The number of likely N-dealkylation sites (tertiary alicyclic amines) is 1. The number of aromatic hydroxyl groups is 1. The van der Waals surface area contributed by atoms with Gasteiger partial charge in [0.1, 0.15) is 5.75 Å². The van der Waals surface area contributed by atoms with Crippen molar-refractivity contribution in [1.82, 2.24) is 4.90 Å². The van der Waals surface area contributed by atoms with Crippen molar-refractivity contribution in [1.29, 1.82) is 0 Å². The van der Waals surface area contributed by atoms with Crippen molar-refractivity contribution in [3.8, 4) is 5.75 Å². The quantitative estimate of drug-likeness (QED) is 0.896. The lowest BCUT2D eigenvalue weighted by Crippen LogP contribution is -2.25. The maximum Gasteiger partial charge on any atom is 0.119 e. The number of hydrogen-bond acceptors (Lipinski definition) is 2. The lowest BCUT2D eigenvalue weighted by atomic mass is 9.87. The van der Waals surface area contributed by atoms with Crippen molar-refractivity contribution in [3.05, 3.63) is 65.2 Å². The van der Waals surface area contributed by atoms with Crippen LogP contribution in [0.25, 0.3) is 0 Å². The SMILES string of the molecule is Cc1ccc(O)c(C(CCN2C[C@H]3C[C@H]3C2)c2ccccc2)c1. The van der Waals surface area contributed by atoms with Crippen molar-refractivity contribution in [2.45, 2.75) is 25.7 Å². The molecule has 0 amide bonds. The molecule has 1 heterocycles. The molecule has 23 heavy (non-hydrogen) atoms. The summed E-state index contributed by atoms with van der Waals surface area (Å²) < 4.78 is 0. The molecule has 2 aliphatic rings. The zero-order valence-electron chi connectivity index (χ0n) is 13.8. The highest BCUT2D eigenvalue weighted by molar-refractivity contribution is 5.43. The summed E-state index contributed by atoms with van der Waals surface area (Å²) in [6, 6.07) is 16.6. The van der Waals surface area contributed by atoms with Crippen LogP contribution in [0.1, 0.15) is 35.4 Å². The minimum atomic E-state index is 0.271. The van der Waals surface area contributed by atoms with Crippen LogP contribution in [0.5, 0.6) is 5.75 Å². The van der Waals surface area contributed by atoms with Gasteiger partial charge in [-0.2, -0.15) is 0 Å². The van der Waals surface area contributed by atoms with E-state index in [1.54, 1.807) is 0 Å². The minimum Gasteiger partial charge on any atom is -0.508 e. The first kappa shape index (κ1) is 14.8. The standard InChI is InChI=1S/C21H25NO/c1-15-7-8-21(23)20(11-15)19(16-5-3-2-4-6-16)9-10-22-13-17-12-18(17)14-22/h2-8,11,17-19,23H,9-10,12-14H2,1H3/t17-,18+,19?. The summed E-state index contributed by atoms with van der Waals surface area (Å²) in [4.78, 5) is 2.61. The van der Waals surface area contributed by atoms with Crippen molar-refractivity contribution in [3.63, 3.8) is 0 Å². The molecule has 0 spiro atoms. The third-order valence-electron chi connectivity index (χ3n) is 5.55. The maximum absolute atomic E-state index is 10.4. The fourth-order valence-corrected chi connectivity index (χ4v) is 4.13. The topological polar surface area (TPSA) is 23.5 Å². The Morgan fingerprint density at radius 2 is 1.83 bits per heavy atom. The first-order chi connectivity index (χ1) is 11.2. The summed E-state index contributed by atoms with van der Waals surface area (Å²) in [6.07, 6.45) is 2.53. The zero-order chi connectivity index (χ0) is 15.8. The number of aryl methyl sites for hydroxylation is 1. The third kappa shape index (κ3) is 3.13. The summed E-state index contributed by atoms with van der Waals surface area (Å²) in [5.41, 5.74) is 3.58. The summed E-state index contributed by atoms with van der Waals surface area (Å²) in [6.45, 7) is 5.79. The van der Waals surface area contributed by atoms with Crippen LogP contribution < -0.4 is 0 Å². The Hall–Kier alpha value is -1.80. The van der Waals surface area contributed by atoms with E-state index in [2.05, 4.69) is 48.2 Å². The van der Waals surface area contributed by atoms with Crippen LogP contribution in [0, 0.1) is 18.8 Å². The third-order valence-corrected chi connectivity index (χ3v) is 5.55. The van der Waals surface area contributed by atoms with E-state index in [1.165, 1.54) is 30.6 Å². The fourth-order valence-electron chi connectivity index (χ4n) is 4.13. The largest absolute Gasteiger partial charge is 0.508 e. The molecule has 2 heteroatoms. The van der Waals surface area contributed by atoms with Gasteiger partial charge in [0, 0.05) is 24.6 Å². The second-order valence-corrected chi connectivity index (χ2v) is 7.33. The summed E-state index contributed by atoms with van der Waals surface area (Å²) >= 11 is 0. The Morgan fingerprint density at radius 3 is 2.57 bits per heavy atom. The van der Waals surface area contributed by atoms with Gasteiger partial charge in [-0.15, -0.1) is 0 Å². The van der Waals surface area contributed by atoms with Crippen molar-refractivity contribution in [2.75, 3.05) is 19.6 Å². The highest BCUT2D eigenvalue weighted by Gasteiger charge is 2.44. The highest BCUT2D eigenvalue weighted by Crippen LogP contribution is 2.45. The van der Waals surface area contributed by atoms with E-state index in [-0.39, 0.29) is 5.92 Å². The molecular formula is C21H25NO. The molecule has 2 fully saturated rings. The predicted molar refractivity (Wildman–Crippen MR) is 93.8 cm³/mol. The van der Waals surface area contributed by atoms with Crippen LogP contribution in [-0.2, 0) is 0 Å². The number of hydrogen-bond donors (Lipinski definition) is 1. The molecule has 1 aliphatic heterocycles. The van der Waals surface area contributed by atoms with Crippen LogP contribution >= 0.6 is 0 Å². The van der Waals surface area contributed by atoms with Gasteiger partial charge in [-0.05, 0) is 49.8 Å². The molecule has 1 N–H and O–H groups in total. The number of phenolic OH excluding ortho intramolecular Hbond substituents is 1. The molecule has 1 unspecified atom stereocenters. The molecule has 0 aromatic heterocycles. The number of nitrogens with zero attached hydrogens (tertiary/aromatic N) is 1. The maximum atomic E-state index is 10.4. The van der Waals surface area contributed by atoms with E-state index < -0.39 is 0 Å². The van der Waals surface area contributed by atoms with Gasteiger partial charge < -0.3 is 10.0 Å². The minimum absolute atomic E-state index is 0.271. The number of fused-ring (bicyclic) bond motifs is 1. The molecule has 1 saturated heterocycles. The predicted octanol–water partition coefficient (Wildman–Crippen LogP) is 4.17. The van der Waals surface area contributed by atoms with Crippen molar-refractivity contribution in [2.24, 2.45) is 11.8 Å². The van der Waals surface area contributed by atoms with E-state index in [1.807, 2.05) is 12.1 Å². The molecule has 1 saturated carbocycles. The van der Waals surface area contributed by atoms with Crippen LogP contribution in [-0.4, -0.2) is 29.6 Å². The molecule has 2 nitrogen and oxygen atoms in total. The summed E-state index contributed by atoms with van der Waals surface area (Å²) in [5.74, 6) is 2.66. The van der Waals surface area contributed by atoms with Gasteiger partial charge in [-0.25, -0.2) is 0 Å². The zero-order valence-corrected chi connectivity index (χ0v) is 13.8. The number of rotatable bonds is 5. The number of phenols is 1. The smallest absolute Gasteiger partial charge is 0.119 e. The number of piperidine rings is 1. The Kier molecular flexibility index (Phi) is 3.86. The molecule has 4 rings (SSSR count). The Morgan fingerprint density at radius 1 is 1.09 bits per heavy atom. The van der Waals surface area contributed by atoms with E-state index in [0.29, 0.717) is 5.75 Å². The number of benzene rings is 2. The average Bonchev–Trinajstić information content (AvgIpc) is 3.18. The first-order valence-electron chi connectivity index (χ1n) is 8.77. The van der Waals surface area contributed by atoms with Crippen LogP contribution in [0.3, 0.4) is 0 Å². The lowest BCUT2D eigenvalue weighted by Gasteiger charge is -2.24. The normalized spacial score (nSPS) is 24.4. The van der Waals surface area contributed by atoms with Crippen molar-refractivity contribution < 1.29 is 5.11 Å². The molecule has 2 aromatic carbocycles. The van der Waals surface area contributed by atoms with Gasteiger partial charge in [0.2, 0.25) is 0 Å². The van der Waals surface area contributed by atoms with Gasteiger partial charge in [0.15, 0.2) is 0 Å². The van der Waals surface area contributed by atoms with E-state index >= 15 is 0 Å². The molecule has 0 bridgehead atoms. The average molecular weight is 307 g/mol. The second kappa shape index (κ2) is 6.01. The fraction of sp³-hybridized carbons (Fsp3) is 0.429. The van der Waals surface area contributed by atoms with Gasteiger partial charge >= 0.3 is 0 Å². The van der Waals surface area contributed by atoms with Gasteiger partial charge in [0.25, 0.3) is 0 Å². The Labute approximate surface area is 138 Å². The van der Waals surface area contributed by atoms with Crippen LogP contribution in [0.15, 0.2) is 48.5 Å². The molecule has 120 valence electrons. The molecule has 2 aromatic rings. The highest BCUT2D eigenvalue weighted by atomic mass is 16.3. The Bertz CT molecular complexity index is 671. The lowest BCUT2D eigenvalue weighted by molar-refractivity contribution is 0.295. The van der Waals surface area contributed by atoms with E-state index in [9.17, 15) is 5.11 Å². The monoisotopic (exact) mass is 307 g/mol. The molecular weight excluding hydrogens is 282 g/mol.